The van der Waals surface area contributed by atoms with Crippen molar-refractivity contribution in [3.63, 3.8) is 0 Å². The van der Waals surface area contributed by atoms with Crippen molar-refractivity contribution < 1.29 is 19.1 Å². The summed E-state index contributed by atoms with van der Waals surface area (Å²) in [5.74, 6) is 0.731. The molecule has 2 amide bonds. The van der Waals surface area contributed by atoms with E-state index in [1.165, 1.54) is 20.0 Å². The van der Waals surface area contributed by atoms with Crippen molar-refractivity contribution in [2.24, 2.45) is 5.92 Å². The molecular formula is C15H25N3O4. The maximum absolute atomic E-state index is 12.0. The molecular weight excluding hydrogens is 286 g/mol. The standard InChI is InChI=1S/C15H25N3O4/c1-16-14(20)12-6-22-15(8-17(12)5-11-3-4-11)9-18(10-15)13(19)7-21-2/h11-12H,3-10H2,1-2H3,(H,16,20)/t12-/m0/s1. The highest BCUT2D eigenvalue weighted by Gasteiger charge is 2.52. The Morgan fingerprint density at radius 3 is 2.64 bits per heavy atom. The Kier molecular flexibility index (Phi) is 4.38. The second-order valence-electron chi connectivity index (χ2n) is 6.68. The minimum absolute atomic E-state index is 0.00103. The summed E-state index contributed by atoms with van der Waals surface area (Å²) in [4.78, 5) is 27.9. The molecule has 7 heteroatoms. The fraction of sp³-hybridized carbons (Fsp3) is 0.867. The molecule has 3 aliphatic rings. The zero-order valence-corrected chi connectivity index (χ0v) is 13.3. The molecule has 0 aromatic carbocycles. The third kappa shape index (κ3) is 3.11. The molecule has 7 nitrogen and oxygen atoms in total. The van der Waals surface area contributed by atoms with Crippen LogP contribution in [0.4, 0.5) is 0 Å². The first-order chi connectivity index (χ1) is 10.6. The number of methoxy groups -OCH3 is 1. The number of likely N-dealkylation sites (tertiary alicyclic amines) is 1. The number of amides is 2. The topological polar surface area (TPSA) is 71.1 Å². The molecule has 0 unspecified atom stereocenters. The number of carbonyl (C=O) groups excluding carboxylic acids is 2. The fourth-order valence-electron chi connectivity index (χ4n) is 3.35. The Labute approximate surface area is 130 Å². The Morgan fingerprint density at radius 1 is 1.32 bits per heavy atom. The largest absolute Gasteiger partial charge is 0.375 e. The predicted octanol–water partition coefficient (Wildman–Crippen LogP) is -0.929. The molecule has 0 bridgehead atoms. The molecule has 2 saturated heterocycles. The van der Waals surface area contributed by atoms with Crippen molar-refractivity contribution in [3.8, 4) is 0 Å². The highest BCUT2D eigenvalue weighted by atomic mass is 16.5. The Bertz CT molecular complexity index is 446. The van der Waals surface area contributed by atoms with Crippen LogP contribution in [0.5, 0.6) is 0 Å². The van der Waals surface area contributed by atoms with Gasteiger partial charge >= 0.3 is 0 Å². The zero-order chi connectivity index (χ0) is 15.7. The number of nitrogens with zero attached hydrogens (tertiary/aromatic N) is 2. The van der Waals surface area contributed by atoms with Crippen LogP contribution in [0.3, 0.4) is 0 Å². The number of likely N-dealkylation sites (N-methyl/N-ethyl adjacent to an activating group) is 1. The molecule has 0 radical (unpaired) electrons. The first-order valence-electron chi connectivity index (χ1n) is 7.93. The van der Waals surface area contributed by atoms with Gasteiger partial charge < -0.3 is 19.7 Å². The van der Waals surface area contributed by atoms with Crippen molar-refractivity contribution in [2.45, 2.75) is 24.5 Å². The van der Waals surface area contributed by atoms with E-state index in [1.807, 2.05) is 0 Å². The van der Waals surface area contributed by atoms with Gasteiger partial charge in [0.2, 0.25) is 11.8 Å². The average Bonchev–Trinajstić information content (AvgIpc) is 3.28. The van der Waals surface area contributed by atoms with E-state index in [2.05, 4.69) is 10.2 Å². The highest BCUT2D eigenvalue weighted by Crippen LogP contribution is 2.35. The second-order valence-corrected chi connectivity index (χ2v) is 6.68. The van der Waals surface area contributed by atoms with Crippen molar-refractivity contribution in [3.05, 3.63) is 0 Å². The van der Waals surface area contributed by atoms with Gasteiger partial charge in [-0.1, -0.05) is 0 Å². The second kappa shape index (κ2) is 6.14. The number of carbonyl (C=O) groups is 2. The van der Waals surface area contributed by atoms with Gasteiger partial charge in [0.15, 0.2) is 0 Å². The van der Waals surface area contributed by atoms with E-state index in [-0.39, 0.29) is 30.1 Å². The molecule has 0 aromatic heterocycles. The van der Waals surface area contributed by atoms with Crippen LogP contribution in [-0.4, -0.2) is 86.8 Å². The van der Waals surface area contributed by atoms with E-state index in [1.54, 1.807) is 11.9 Å². The van der Waals surface area contributed by atoms with Crippen molar-refractivity contribution in [1.82, 2.24) is 15.1 Å². The van der Waals surface area contributed by atoms with Gasteiger partial charge in [-0.3, -0.25) is 14.5 Å². The Balaban J connectivity index is 1.60. The Morgan fingerprint density at radius 2 is 2.05 bits per heavy atom. The lowest BCUT2D eigenvalue weighted by Crippen LogP contribution is -2.74. The predicted molar refractivity (Wildman–Crippen MR) is 79.3 cm³/mol. The van der Waals surface area contributed by atoms with Crippen molar-refractivity contribution in [2.75, 3.05) is 53.6 Å². The van der Waals surface area contributed by atoms with Crippen LogP contribution in [-0.2, 0) is 19.1 Å². The van der Waals surface area contributed by atoms with Gasteiger partial charge in [-0.15, -0.1) is 0 Å². The molecule has 0 aromatic rings. The molecule has 2 heterocycles. The van der Waals surface area contributed by atoms with Crippen molar-refractivity contribution >= 4 is 11.8 Å². The molecule has 3 fully saturated rings. The molecule has 1 aliphatic carbocycles. The SMILES string of the molecule is CNC(=O)[C@@H]1COC2(CN(C(=O)COC)C2)CN1CC1CC1. The first-order valence-corrected chi connectivity index (χ1v) is 7.93. The molecule has 124 valence electrons. The minimum atomic E-state index is -0.303. The molecule has 22 heavy (non-hydrogen) atoms. The maximum Gasteiger partial charge on any atom is 0.248 e. The van der Waals surface area contributed by atoms with E-state index in [9.17, 15) is 9.59 Å². The zero-order valence-electron chi connectivity index (χ0n) is 13.3. The van der Waals surface area contributed by atoms with Crippen LogP contribution in [0.2, 0.25) is 0 Å². The molecule has 3 rings (SSSR count). The monoisotopic (exact) mass is 311 g/mol. The normalized spacial score (nSPS) is 27.5. The van der Waals surface area contributed by atoms with Gasteiger partial charge in [-0.25, -0.2) is 0 Å². The summed E-state index contributed by atoms with van der Waals surface area (Å²) >= 11 is 0. The van der Waals surface area contributed by atoms with E-state index in [0.717, 1.165) is 13.1 Å². The molecule has 1 spiro atoms. The summed E-state index contributed by atoms with van der Waals surface area (Å²) in [6.45, 7) is 3.38. The van der Waals surface area contributed by atoms with E-state index < -0.39 is 0 Å². The molecule has 1 N–H and O–H groups in total. The van der Waals surface area contributed by atoms with Crippen LogP contribution in [0, 0.1) is 5.92 Å². The summed E-state index contributed by atoms with van der Waals surface area (Å²) in [5.41, 5.74) is -0.303. The average molecular weight is 311 g/mol. The van der Waals surface area contributed by atoms with E-state index >= 15 is 0 Å². The van der Waals surface area contributed by atoms with E-state index in [4.69, 9.17) is 9.47 Å². The van der Waals surface area contributed by atoms with Crippen LogP contribution in [0.25, 0.3) is 0 Å². The van der Waals surface area contributed by atoms with Gasteiger partial charge in [0.25, 0.3) is 0 Å². The van der Waals surface area contributed by atoms with Gasteiger partial charge in [-0.05, 0) is 18.8 Å². The summed E-state index contributed by atoms with van der Waals surface area (Å²) in [6, 6.07) is -0.208. The van der Waals surface area contributed by atoms with Crippen molar-refractivity contribution in [1.29, 1.82) is 0 Å². The smallest absolute Gasteiger partial charge is 0.248 e. The number of hydrogen-bond acceptors (Lipinski definition) is 5. The minimum Gasteiger partial charge on any atom is -0.375 e. The fourth-order valence-corrected chi connectivity index (χ4v) is 3.35. The quantitative estimate of drug-likeness (QED) is 0.710. The number of morpholine rings is 1. The number of rotatable bonds is 5. The summed E-state index contributed by atoms with van der Waals surface area (Å²) in [5, 5.41) is 2.72. The lowest BCUT2D eigenvalue weighted by Gasteiger charge is -2.55. The molecule has 1 saturated carbocycles. The maximum atomic E-state index is 12.0. The third-order valence-corrected chi connectivity index (χ3v) is 4.80. The number of nitrogens with one attached hydrogen (secondary N) is 1. The van der Waals surface area contributed by atoms with Gasteiger partial charge in [0, 0.05) is 27.2 Å². The first kappa shape index (κ1) is 15.7. The van der Waals surface area contributed by atoms with Crippen LogP contribution < -0.4 is 5.32 Å². The highest BCUT2D eigenvalue weighted by molar-refractivity contribution is 5.82. The van der Waals surface area contributed by atoms with Crippen LogP contribution in [0.15, 0.2) is 0 Å². The van der Waals surface area contributed by atoms with Gasteiger partial charge in [0.1, 0.15) is 18.2 Å². The summed E-state index contributed by atoms with van der Waals surface area (Å²) in [6.07, 6.45) is 2.51. The molecule has 2 aliphatic heterocycles. The van der Waals surface area contributed by atoms with Gasteiger partial charge in [0.05, 0.1) is 19.7 Å². The Hall–Kier alpha value is -1.18. The van der Waals surface area contributed by atoms with Gasteiger partial charge in [-0.2, -0.15) is 0 Å². The summed E-state index contributed by atoms with van der Waals surface area (Å²) in [7, 11) is 3.19. The number of ether oxygens (including phenoxy) is 2. The third-order valence-electron chi connectivity index (χ3n) is 4.80. The molecule has 1 atom stereocenters. The summed E-state index contributed by atoms with van der Waals surface area (Å²) < 4.78 is 10.9. The lowest BCUT2D eigenvalue weighted by molar-refractivity contribution is -0.205. The lowest BCUT2D eigenvalue weighted by atomic mass is 9.90. The van der Waals surface area contributed by atoms with Crippen LogP contribution >= 0.6 is 0 Å². The van der Waals surface area contributed by atoms with Crippen LogP contribution in [0.1, 0.15) is 12.8 Å². The number of hydrogen-bond donors (Lipinski definition) is 1. The van der Waals surface area contributed by atoms with E-state index in [0.29, 0.717) is 25.6 Å².